The van der Waals surface area contributed by atoms with Crippen LogP contribution in [-0.2, 0) is 0 Å². The highest BCUT2D eigenvalue weighted by Gasteiger charge is 2.24. The van der Waals surface area contributed by atoms with Gasteiger partial charge in [-0.05, 0) is 56.1 Å². The molecule has 4 nitrogen and oxygen atoms in total. The SMILES string of the molecule is CCN1CCN(C(=O)c2cc(-c3ccc(C)c(C)c3)nc3c(C)cccc23)CC1. The molecule has 150 valence electrons. The van der Waals surface area contributed by atoms with Gasteiger partial charge in [0, 0.05) is 37.1 Å². The Morgan fingerprint density at radius 2 is 1.69 bits per heavy atom. The van der Waals surface area contributed by atoms with Crippen molar-refractivity contribution < 1.29 is 4.79 Å². The number of nitrogens with zero attached hydrogens (tertiary/aromatic N) is 3. The first-order valence-corrected chi connectivity index (χ1v) is 10.5. The monoisotopic (exact) mass is 387 g/mol. The highest BCUT2D eigenvalue weighted by molar-refractivity contribution is 6.07. The van der Waals surface area contributed by atoms with Crippen LogP contribution in [0.15, 0.2) is 42.5 Å². The number of carbonyl (C=O) groups is 1. The molecule has 0 spiro atoms. The van der Waals surface area contributed by atoms with Crippen molar-refractivity contribution >= 4 is 16.8 Å². The van der Waals surface area contributed by atoms with Crippen LogP contribution in [0.5, 0.6) is 0 Å². The molecule has 4 heteroatoms. The van der Waals surface area contributed by atoms with Gasteiger partial charge >= 0.3 is 0 Å². The Balaban J connectivity index is 1.81. The lowest BCUT2D eigenvalue weighted by Gasteiger charge is -2.34. The van der Waals surface area contributed by atoms with Crippen LogP contribution in [0, 0.1) is 20.8 Å². The molecule has 0 N–H and O–H groups in total. The fourth-order valence-corrected chi connectivity index (χ4v) is 4.06. The molecule has 0 saturated carbocycles. The van der Waals surface area contributed by atoms with E-state index in [0.29, 0.717) is 0 Å². The van der Waals surface area contributed by atoms with Crippen LogP contribution in [0.4, 0.5) is 0 Å². The predicted molar refractivity (Wildman–Crippen MR) is 119 cm³/mol. The molecule has 4 rings (SSSR count). The van der Waals surface area contributed by atoms with Gasteiger partial charge in [0.15, 0.2) is 0 Å². The molecule has 0 aliphatic carbocycles. The highest BCUT2D eigenvalue weighted by atomic mass is 16.2. The number of likely N-dealkylation sites (N-methyl/N-ethyl adjacent to an activating group) is 1. The van der Waals surface area contributed by atoms with Gasteiger partial charge < -0.3 is 9.80 Å². The van der Waals surface area contributed by atoms with Gasteiger partial charge in [-0.3, -0.25) is 4.79 Å². The van der Waals surface area contributed by atoms with Crippen molar-refractivity contribution in [2.45, 2.75) is 27.7 Å². The first kappa shape index (κ1) is 19.6. The highest BCUT2D eigenvalue weighted by Crippen LogP contribution is 2.29. The Morgan fingerprint density at radius 1 is 0.931 bits per heavy atom. The summed E-state index contributed by atoms with van der Waals surface area (Å²) in [5, 5.41) is 0.945. The average molecular weight is 388 g/mol. The topological polar surface area (TPSA) is 36.4 Å². The number of fused-ring (bicyclic) bond motifs is 1. The van der Waals surface area contributed by atoms with E-state index in [1.807, 2.05) is 23.1 Å². The summed E-state index contributed by atoms with van der Waals surface area (Å²) >= 11 is 0. The summed E-state index contributed by atoms with van der Waals surface area (Å²) in [7, 11) is 0. The van der Waals surface area contributed by atoms with Crippen LogP contribution in [0.3, 0.4) is 0 Å². The van der Waals surface area contributed by atoms with Gasteiger partial charge in [-0.2, -0.15) is 0 Å². The number of carbonyl (C=O) groups excluding carboxylic acids is 1. The third-order valence-electron chi connectivity index (χ3n) is 6.18. The van der Waals surface area contributed by atoms with Crippen LogP contribution < -0.4 is 0 Å². The molecule has 1 amide bonds. The summed E-state index contributed by atoms with van der Waals surface area (Å²) in [6.07, 6.45) is 0. The Hall–Kier alpha value is -2.72. The number of amides is 1. The minimum Gasteiger partial charge on any atom is -0.336 e. The maximum absolute atomic E-state index is 13.5. The second-order valence-corrected chi connectivity index (χ2v) is 8.05. The fraction of sp³-hybridized carbons (Fsp3) is 0.360. The lowest BCUT2D eigenvalue weighted by atomic mass is 9.99. The zero-order valence-corrected chi connectivity index (χ0v) is 17.8. The molecule has 1 fully saturated rings. The average Bonchev–Trinajstić information content (AvgIpc) is 2.75. The first-order valence-electron chi connectivity index (χ1n) is 10.5. The van der Waals surface area contributed by atoms with Gasteiger partial charge in [0.2, 0.25) is 0 Å². The zero-order chi connectivity index (χ0) is 20.5. The number of rotatable bonds is 3. The minimum absolute atomic E-state index is 0.115. The lowest BCUT2D eigenvalue weighted by Crippen LogP contribution is -2.48. The van der Waals surface area contributed by atoms with Crippen molar-refractivity contribution in [2.75, 3.05) is 32.7 Å². The molecule has 1 aliphatic heterocycles. The lowest BCUT2D eigenvalue weighted by molar-refractivity contribution is 0.0645. The molecular weight excluding hydrogens is 358 g/mol. The van der Waals surface area contributed by atoms with Crippen molar-refractivity contribution in [3.63, 3.8) is 0 Å². The smallest absolute Gasteiger partial charge is 0.254 e. The van der Waals surface area contributed by atoms with Crippen molar-refractivity contribution in [3.05, 3.63) is 64.7 Å². The third-order valence-corrected chi connectivity index (χ3v) is 6.18. The normalized spacial score (nSPS) is 15.1. The van der Waals surface area contributed by atoms with E-state index in [9.17, 15) is 4.79 Å². The van der Waals surface area contributed by atoms with E-state index < -0.39 is 0 Å². The predicted octanol–water partition coefficient (Wildman–Crippen LogP) is 4.60. The van der Waals surface area contributed by atoms with Gasteiger partial charge in [-0.25, -0.2) is 4.98 Å². The van der Waals surface area contributed by atoms with Crippen molar-refractivity contribution in [2.24, 2.45) is 0 Å². The van der Waals surface area contributed by atoms with E-state index in [-0.39, 0.29) is 5.91 Å². The van der Waals surface area contributed by atoms with E-state index in [1.54, 1.807) is 0 Å². The number of piperazine rings is 1. The van der Waals surface area contributed by atoms with Crippen molar-refractivity contribution in [1.82, 2.24) is 14.8 Å². The molecular formula is C25H29N3O. The summed E-state index contributed by atoms with van der Waals surface area (Å²) in [6.45, 7) is 12.9. The van der Waals surface area contributed by atoms with E-state index >= 15 is 0 Å². The number of benzene rings is 2. The van der Waals surface area contributed by atoms with Gasteiger partial charge in [-0.15, -0.1) is 0 Å². The van der Waals surface area contributed by atoms with Gasteiger partial charge in [0.05, 0.1) is 16.8 Å². The molecule has 29 heavy (non-hydrogen) atoms. The van der Waals surface area contributed by atoms with E-state index in [0.717, 1.165) is 66.0 Å². The fourth-order valence-electron chi connectivity index (χ4n) is 4.06. The second kappa shape index (κ2) is 7.96. The standard InChI is InChI=1S/C25H29N3O/c1-5-27-11-13-28(14-12-27)25(29)22-16-23(20-10-9-17(2)19(4)15-20)26-24-18(3)7-6-8-21(22)24/h6-10,15-16H,5,11-14H2,1-4H3. The van der Waals surface area contributed by atoms with E-state index in [4.69, 9.17) is 4.98 Å². The molecule has 1 saturated heterocycles. The molecule has 3 aromatic rings. The number of hydrogen-bond acceptors (Lipinski definition) is 3. The van der Waals surface area contributed by atoms with Crippen LogP contribution in [0.25, 0.3) is 22.2 Å². The number of pyridine rings is 1. The Kier molecular flexibility index (Phi) is 5.37. The molecule has 2 heterocycles. The molecule has 0 bridgehead atoms. The van der Waals surface area contributed by atoms with Crippen molar-refractivity contribution in [3.8, 4) is 11.3 Å². The Labute approximate surface area is 173 Å². The van der Waals surface area contributed by atoms with Crippen LogP contribution in [-0.4, -0.2) is 53.4 Å². The van der Waals surface area contributed by atoms with Crippen LogP contribution in [0.2, 0.25) is 0 Å². The minimum atomic E-state index is 0.115. The van der Waals surface area contributed by atoms with Gasteiger partial charge in [0.1, 0.15) is 0 Å². The number of hydrogen-bond donors (Lipinski definition) is 0. The number of aryl methyl sites for hydroxylation is 3. The van der Waals surface area contributed by atoms with Gasteiger partial charge in [0.25, 0.3) is 5.91 Å². The molecule has 1 aliphatic rings. The zero-order valence-electron chi connectivity index (χ0n) is 17.8. The van der Waals surface area contributed by atoms with Gasteiger partial charge in [-0.1, -0.05) is 37.3 Å². The Morgan fingerprint density at radius 3 is 2.38 bits per heavy atom. The number of para-hydroxylation sites is 1. The second-order valence-electron chi connectivity index (χ2n) is 8.05. The summed E-state index contributed by atoms with van der Waals surface area (Å²) < 4.78 is 0. The third kappa shape index (κ3) is 3.77. The molecule has 0 atom stereocenters. The summed E-state index contributed by atoms with van der Waals surface area (Å²) in [6, 6.07) is 14.5. The maximum Gasteiger partial charge on any atom is 0.254 e. The summed E-state index contributed by atoms with van der Waals surface area (Å²) in [5.41, 5.74) is 7.19. The van der Waals surface area contributed by atoms with Crippen molar-refractivity contribution in [1.29, 1.82) is 0 Å². The summed E-state index contributed by atoms with van der Waals surface area (Å²) in [4.78, 5) is 22.8. The quantitative estimate of drug-likeness (QED) is 0.659. The van der Waals surface area contributed by atoms with E-state index in [2.05, 4.69) is 56.9 Å². The molecule has 1 aromatic heterocycles. The molecule has 2 aromatic carbocycles. The molecule has 0 unspecified atom stereocenters. The Bertz CT molecular complexity index is 1070. The van der Waals surface area contributed by atoms with E-state index in [1.165, 1.54) is 11.1 Å². The first-order chi connectivity index (χ1) is 14.0. The molecule has 0 radical (unpaired) electrons. The summed E-state index contributed by atoms with van der Waals surface area (Å²) in [5.74, 6) is 0.115. The maximum atomic E-state index is 13.5. The van der Waals surface area contributed by atoms with Crippen LogP contribution >= 0.6 is 0 Å². The number of aromatic nitrogens is 1. The largest absolute Gasteiger partial charge is 0.336 e. The van der Waals surface area contributed by atoms with Crippen LogP contribution in [0.1, 0.15) is 34.0 Å².